The average Bonchev–Trinajstić information content (AvgIpc) is 2.29. The summed E-state index contributed by atoms with van der Waals surface area (Å²) in [5.41, 5.74) is -1.24. The van der Waals surface area contributed by atoms with Crippen molar-refractivity contribution in [1.29, 1.82) is 5.26 Å². The molecule has 96 valence electrons. The maximum absolute atomic E-state index is 12.7. The predicted molar refractivity (Wildman–Crippen MR) is 65.8 cm³/mol. The largest absolute Gasteiger partial charge is 0.418 e. The van der Waals surface area contributed by atoms with Crippen molar-refractivity contribution in [1.82, 2.24) is 5.32 Å². The summed E-state index contributed by atoms with van der Waals surface area (Å²) in [6, 6.07) is 3.26. The number of rotatable bonds is 1. The van der Waals surface area contributed by atoms with Gasteiger partial charge < -0.3 is 0 Å². The van der Waals surface area contributed by atoms with Gasteiger partial charge in [0.1, 0.15) is 0 Å². The van der Waals surface area contributed by atoms with Crippen molar-refractivity contribution >= 4 is 34.2 Å². The summed E-state index contributed by atoms with van der Waals surface area (Å²) in [7, 11) is 0. The predicted octanol–water partition coefficient (Wildman–Crippen LogP) is 3.78. The number of hydrogen-bond acceptors (Lipinski definition) is 3. The molecule has 0 atom stereocenters. The molecule has 0 aliphatic carbocycles. The Morgan fingerprint density at radius 2 is 2.17 bits per heavy atom. The third kappa shape index (κ3) is 3.82. The second-order valence-electron chi connectivity index (χ2n) is 3.02. The minimum absolute atomic E-state index is 0.0276. The van der Waals surface area contributed by atoms with E-state index in [1.165, 1.54) is 6.07 Å². The Morgan fingerprint density at radius 1 is 1.50 bits per heavy atom. The fraction of sp³-hybridized carbons (Fsp3) is 0.200. The Balaban J connectivity index is 3.29. The number of nitriles is 1. The van der Waals surface area contributed by atoms with Crippen LogP contribution >= 0.6 is 23.4 Å². The van der Waals surface area contributed by atoms with Crippen LogP contribution in [0, 0.1) is 11.5 Å². The van der Waals surface area contributed by atoms with Crippen LogP contribution in [0.3, 0.4) is 0 Å². The van der Waals surface area contributed by atoms with E-state index in [4.69, 9.17) is 16.9 Å². The molecule has 0 heterocycles. The molecule has 1 aromatic rings. The van der Waals surface area contributed by atoms with Crippen molar-refractivity contribution < 1.29 is 13.2 Å². The summed E-state index contributed by atoms with van der Waals surface area (Å²) in [5.74, 6) is 0. The normalized spacial score (nSPS) is 12.1. The number of halogens is 4. The van der Waals surface area contributed by atoms with E-state index in [1.54, 1.807) is 12.4 Å². The minimum Gasteiger partial charge on any atom is -0.271 e. The van der Waals surface area contributed by atoms with Crippen molar-refractivity contribution in [2.45, 2.75) is 6.18 Å². The van der Waals surface area contributed by atoms with Gasteiger partial charge >= 0.3 is 6.18 Å². The highest BCUT2D eigenvalue weighted by Gasteiger charge is 2.33. The van der Waals surface area contributed by atoms with Gasteiger partial charge in [0.25, 0.3) is 0 Å². The number of nitrogens with one attached hydrogen (secondary N) is 1. The van der Waals surface area contributed by atoms with Crippen molar-refractivity contribution in [3.63, 3.8) is 0 Å². The van der Waals surface area contributed by atoms with Crippen LogP contribution in [-0.2, 0) is 6.18 Å². The van der Waals surface area contributed by atoms with E-state index < -0.39 is 11.7 Å². The maximum Gasteiger partial charge on any atom is 0.418 e. The SMILES string of the molecule is CSC(=Nc1ccc(Cl)cc1C(F)(F)F)NC#N. The summed E-state index contributed by atoms with van der Waals surface area (Å²) in [4.78, 5) is 3.74. The highest BCUT2D eigenvalue weighted by molar-refractivity contribution is 8.13. The highest BCUT2D eigenvalue weighted by Crippen LogP contribution is 2.38. The molecule has 0 spiro atoms. The molecule has 1 rings (SSSR count). The molecule has 1 aromatic carbocycles. The van der Waals surface area contributed by atoms with Gasteiger partial charge in [-0.05, 0) is 24.5 Å². The second kappa shape index (κ2) is 5.98. The molecule has 0 aliphatic rings. The van der Waals surface area contributed by atoms with Crippen LogP contribution < -0.4 is 5.32 Å². The molecule has 18 heavy (non-hydrogen) atoms. The lowest BCUT2D eigenvalue weighted by Crippen LogP contribution is -2.13. The molecule has 0 unspecified atom stereocenters. The van der Waals surface area contributed by atoms with E-state index in [1.807, 2.05) is 0 Å². The molecule has 3 nitrogen and oxygen atoms in total. The van der Waals surface area contributed by atoms with Gasteiger partial charge in [0.2, 0.25) is 0 Å². The van der Waals surface area contributed by atoms with Crippen LogP contribution in [0.2, 0.25) is 5.02 Å². The van der Waals surface area contributed by atoms with Crippen LogP contribution in [0.1, 0.15) is 5.56 Å². The van der Waals surface area contributed by atoms with Gasteiger partial charge in [0, 0.05) is 5.02 Å². The molecule has 0 aromatic heterocycles. The van der Waals surface area contributed by atoms with E-state index in [0.717, 1.165) is 23.9 Å². The van der Waals surface area contributed by atoms with Crippen LogP contribution in [-0.4, -0.2) is 11.4 Å². The summed E-state index contributed by atoms with van der Waals surface area (Å²) >= 11 is 6.56. The topological polar surface area (TPSA) is 48.2 Å². The molecule has 8 heteroatoms. The van der Waals surface area contributed by atoms with Gasteiger partial charge in [0.15, 0.2) is 11.4 Å². The van der Waals surface area contributed by atoms with E-state index >= 15 is 0 Å². The van der Waals surface area contributed by atoms with Crippen molar-refractivity contribution in [3.8, 4) is 6.19 Å². The number of nitrogens with zero attached hydrogens (tertiary/aromatic N) is 2. The van der Waals surface area contributed by atoms with E-state index in [2.05, 4.69) is 10.3 Å². The molecule has 0 aliphatic heterocycles. The summed E-state index contributed by atoms with van der Waals surface area (Å²) < 4.78 is 38.2. The standard InChI is InChI=1S/C10H7ClF3N3S/c1-18-9(16-5-15)17-8-3-2-6(11)4-7(8)10(12,13)14/h2-4H,1H3,(H,16,17). The first-order valence-electron chi connectivity index (χ1n) is 4.53. The van der Waals surface area contributed by atoms with Crippen molar-refractivity contribution in [3.05, 3.63) is 28.8 Å². The molecule has 0 radical (unpaired) electrons. The average molecular weight is 294 g/mol. The minimum atomic E-state index is -4.56. The fourth-order valence-corrected chi connectivity index (χ4v) is 1.62. The van der Waals surface area contributed by atoms with Crippen molar-refractivity contribution in [2.75, 3.05) is 6.26 Å². The Hall–Kier alpha value is -1.39. The Kier molecular flexibility index (Phi) is 4.87. The third-order valence-corrected chi connectivity index (χ3v) is 2.66. The zero-order valence-corrected chi connectivity index (χ0v) is 10.6. The van der Waals surface area contributed by atoms with Crippen LogP contribution in [0.25, 0.3) is 0 Å². The molecule has 0 saturated heterocycles. The first-order valence-corrected chi connectivity index (χ1v) is 6.13. The van der Waals surface area contributed by atoms with Gasteiger partial charge in [-0.1, -0.05) is 23.4 Å². The Labute approximate surface area is 111 Å². The van der Waals surface area contributed by atoms with Crippen LogP contribution in [0.15, 0.2) is 23.2 Å². The Bertz CT molecular complexity index is 508. The molecule has 0 amide bonds. The lowest BCUT2D eigenvalue weighted by molar-refractivity contribution is -0.137. The third-order valence-electron chi connectivity index (χ3n) is 1.84. The smallest absolute Gasteiger partial charge is 0.271 e. The zero-order valence-electron chi connectivity index (χ0n) is 9.05. The summed E-state index contributed by atoms with van der Waals surface area (Å²) in [6.07, 6.45) is -1.37. The van der Waals surface area contributed by atoms with Crippen LogP contribution in [0.5, 0.6) is 0 Å². The van der Waals surface area contributed by atoms with E-state index in [0.29, 0.717) is 0 Å². The monoisotopic (exact) mass is 293 g/mol. The molecule has 0 bridgehead atoms. The molecule has 0 fully saturated rings. The molecule has 0 saturated carbocycles. The quantitative estimate of drug-likeness (QED) is 0.371. The number of hydrogen-bond donors (Lipinski definition) is 1. The van der Waals surface area contributed by atoms with Gasteiger partial charge in [-0.25, -0.2) is 4.99 Å². The number of benzene rings is 1. The lowest BCUT2D eigenvalue weighted by Gasteiger charge is -2.10. The van der Waals surface area contributed by atoms with Gasteiger partial charge in [-0.15, -0.1) is 0 Å². The first kappa shape index (κ1) is 14.7. The number of thioether (sulfide) groups is 1. The number of amidine groups is 1. The van der Waals surface area contributed by atoms with Gasteiger partial charge in [0.05, 0.1) is 11.3 Å². The molecule has 1 N–H and O–H groups in total. The molecular weight excluding hydrogens is 287 g/mol. The first-order chi connectivity index (χ1) is 8.38. The second-order valence-corrected chi connectivity index (χ2v) is 4.25. The zero-order chi connectivity index (χ0) is 13.8. The lowest BCUT2D eigenvalue weighted by atomic mass is 10.2. The summed E-state index contributed by atoms with van der Waals surface area (Å²) in [6.45, 7) is 0. The molecular formula is C10H7ClF3N3S. The van der Waals surface area contributed by atoms with Gasteiger partial charge in [-0.3, -0.25) is 5.32 Å². The van der Waals surface area contributed by atoms with Crippen LogP contribution in [0.4, 0.5) is 18.9 Å². The van der Waals surface area contributed by atoms with E-state index in [9.17, 15) is 13.2 Å². The highest BCUT2D eigenvalue weighted by atomic mass is 35.5. The summed E-state index contributed by atoms with van der Waals surface area (Å²) in [5, 5.41) is 10.7. The number of aliphatic imine (C=N–C) groups is 1. The maximum atomic E-state index is 12.7. The fourth-order valence-electron chi connectivity index (χ4n) is 1.11. The number of alkyl halides is 3. The van der Waals surface area contributed by atoms with Crippen molar-refractivity contribution in [2.24, 2.45) is 4.99 Å². The van der Waals surface area contributed by atoms with E-state index in [-0.39, 0.29) is 15.9 Å². The Morgan fingerprint density at radius 3 is 2.67 bits per heavy atom. The van der Waals surface area contributed by atoms with Gasteiger partial charge in [-0.2, -0.15) is 18.4 Å².